The fourth-order valence-corrected chi connectivity index (χ4v) is 1.76. The Hall–Kier alpha value is -0.272. The van der Waals surface area contributed by atoms with E-state index in [4.69, 9.17) is 0 Å². The van der Waals surface area contributed by atoms with E-state index < -0.39 is 30.0 Å². The largest absolute Gasteiger partial charge is 2.00 e. The molecule has 0 aliphatic heterocycles. The molecule has 0 amide bonds. The van der Waals surface area contributed by atoms with Gasteiger partial charge in [-0.05, 0) is 0 Å². The Morgan fingerprint density at radius 1 is 0.938 bits per heavy atom. The number of benzene rings is 1. The molecule has 1 aromatic carbocycles. The third kappa shape index (κ3) is 4.71. The molecule has 6 nitrogen and oxygen atoms in total. The molecular weight excluding hydrogens is 428 g/mol. The van der Waals surface area contributed by atoms with Crippen LogP contribution in [0, 0.1) is 13.5 Å². The van der Waals surface area contributed by atoms with Crippen LogP contribution in [-0.4, -0.2) is 25.9 Å². The van der Waals surface area contributed by atoms with Crippen LogP contribution in [0.25, 0.3) is 0 Å². The van der Waals surface area contributed by atoms with Crippen LogP contribution in [0.2, 0.25) is 0 Å². The van der Waals surface area contributed by atoms with Crippen LogP contribution in [0.15, 0.2) is 28.0 Å². The Labute approximate surface area is 108 Å². The van der Waals surface area contributed by atoms with E-state index in [1.54, 1.807) is 0 Å². The molecule has 16 heavy (non-hydrogen) atoms. The average Bonchev–Trinajstić information content (AvgIpc) is 2.01. The number of hydrogen-bond acceptors (Lipinski definition) is 6. The minimum absolute atomic E-state index is 0. The van der Waals surface area contributed by atoms with Gasteiger partial charge < -0.3 is 16.5 Å². The Morgan fingerprint density at radius 3 is 1.50 bits per heavy atom. The molecule has 0 fully saturated rings. The first-order valence-corrected chi connectivity index (χ1v) is 5.96. The van der Waals surface area contributed by atoms with Crippen molar-refractivity contribution < 1.29 is 47.0 Å². The first kappa shape index (κ1) is 18.1. The topological polar surface area (TPSA) is 114 Å². The van der Waals surface area contributed by atoms with Gasteiger partial charge >= 0.3 is 21.1 Å². The van der Waals surface area contributed by atoms with Crippen molar-refractivity contribution in [2.45, 2.75) is 9.79 Å². The van der Waals surface area contributed by atoms with Crippen LogP contribution >= 0.6 is 0 Å². The van der Waals surface area contributed by atoms with E-state index in [2.05, 4.69) is 6.07 Å². The molecule has 9 heteroatoms. The molecule has 0 aromatic heterocycles. The zero-order chi connectivity index (χ0) is 11.0. The van der Waals surface area contributed by atoms with Crippen molar-refractivity contribution in [2.24, 2.45) is 0 Å². The van der Waals surface area contributed by atoms with Gasteiger partial charge in [-0.2, -0.15) is 18.2 Å². The quantitative estimate of drug-likeness (QED) is 0.469. The van der Waals surface area contributed by atoms with Crippen molar-refractivity contribution in [3.63, 3.8) is 0 Å². The number of rotatable bonds is 2. The Kier molecular flexibility index (Phi) is 6.65. The maximum Gasteiger partial charge on any atom is 2.00 e. The molecule has 0 aliphatic carbocycles. The predicted octanol–water partition coefficient (Wildman–Crippen LogP) is -0.257. The molecule has 0 N–H and O–H groups in total. The molecule has 0 radical (unpaired) electrons. The van der Waals surface area contributed by atoms with Gasteiger partial charge in [0.2, 0.25) is 0 Å². The first-order valence-electron chi connectivity index (χ1n) is 3.14. The van der Waals surface area contributed by atoms with Crippen LogP contribution in [0.5, 0.6) is 0 Å². The van der Waals surface area contributed by atoms with Gasteiger partial charge in [0.25, 0.3) is 0 Å². The predicted molar refractivity (Wildman–Crippen MR) is 47.6 cm³/mol. The first-order chi connectivity index (χ1) is 6.21. The minimum atomic E-state index is -4.77. The average molecular weight is 434 g/mol. The standard InChI is InChI=1S/C6H5O6S2.CH3.W/c7-13(8,9)5-2-1-3-6(4-5)14(10,11)12;;/h2-4H,(H,7,8,9)(H,10,11,12);1H3;/q2*-1;+2/p-2. The van der Waals surface area contributed by atoms with Gasteiger partial charge in [0.15, 0.2) is 0 Å². The maximum atomic E-state index is 10.4. The van der Waals surface area contributed by atoms with E-state index >= 15 is 0 Å². The zero-order valence-electron chi connectivity index (χ0n) is 7.91. The molecule has 0 unspecified atom stereocenters. The third-order valence-corrected chi connectivity index (χ3v) is 2.94. The van der Waals surface area contributed by atoms with E-state index in [1.807, 2.05) is 0 Å². The van der Waals surface area contributed by atoms with Gasteiger partial charge in [-0.25, -0.2) is 0 Å². The van der Waals surface area contributed by atoms with Gasteiger partial charge in [0.1, 0.15) is 0 Å². The summed E-state index contributed by atoms with van der Waals surface area (Å²) in [6, 6.07) is 4.16. The summed E-state index contributed by atoms with van der Waals surface area (Å²) in [6.45, 7) is 0. The second-order valence-electron chi connectivity index (χ2n) is 2.31. The summed E-state index contributed by atoms with van der Waals surface area (Å²) in [5.41, 5.74) is 0. The van der Waals surface area contributed by atoms with Crippen molar-refractivity contribution in [3.8, 4) is 0 Å². The number of hydrogen-bond donors (Lipinski definition) is 0. The summed E-state index contributed by atoms with van der Waals surface area (Å²) in [6.07, 6.45) is 0. The van der Waals surface area contributed by atoms with Gasteiger partial charge in [0, 0.05) is 0 Å². The SMILES string of the molecule is O=S(=O)([O-])c1c[c-]cc(S(=O)(=O)[O-])c1.[CH3-].[W+2]. The molecule has 0 saturated carbocycles. The van der Waals surface area contributed by atoms with Crippen molar-refractivity contribution in [3.05, 3.63) is 31.7 Å². The zero-order valence-corrected chi connectivity index (χ0v) is 12.5. The van der Waals surface area contributed by atoms with Crippen molar-refractivity contribution in [1.82, 2.24) is 0 Å². The third-order valence-electron chi connectivity index (χ3n) is 1.31. The summed E-state index contributed by atoms with van der Waals surface area (Å²) < 4.78 is 62.6. The van der Waals surface area contributed by atoms with Crippen molar-refractivity contribution in [2.75, 3.05) is 0 Å². The minimum Gasteiger partial charge on any atom is -0.754 e. The van der Waals surface area contributed by atoms with Crippen LogP contribution in [0.1, 0.15) is 0 Å². The molecule has 0 atom stereocenters. The van der Waals surface area contributed by atoms with Crippen LogP contribution in [0.3, 0.4) is 0 Å². The molecular formula is C7H6O6S2W-2. The van der Waals surface area contributed by atoms with Gasteiger partial charge in [-0.15, -0.1) is 6.07 Å². The fraction of sp³-hybridized carbons (Fsp3) is 0. The molecule has 0 heterocycles. The smallest absolute Gasteiger partial charge is 0.754 e. The molecule has 1 aromatic rings. The van der Waals surface area contributed by atoms with E-state index in [9.17, 15) is 25.9 Å². The monoisotopic (exact) mass is 434 g/mol. The second kappa shape index (κ2) is 5.88. The summed E-state index contributed by atoms with van der Waals surface area (Å²) >= 11 is 0. The fourth-order valence-electron chi connectivity index (χ4n) is 0.718. The Balaban J connectivity index is 0. The van der Waals surface area contributed by atoms with E-state index in [0.29, 0.717) is 6.07 Å². The van der Waals surface area contributed by atoms with Gasteiger partial charge in [-0.1, -0.05) is 9.79 Å². The molecule has 0 spiro atoms. The Morgan fingerprint density at radius 2 is 1.25 bits per heavy atom. The van der Waals surface area contributed by atoms with Crippen LogP contribution in [0.4, 0.5) is 0 Å². The van der Waals surface area contributed by atoms with E-state index in [1.165, 1.54) is 0 Å². The van der Waals surface area contributed by atoms with Gasteiger partial charge in [-0.3, -0.25) is 16.8 Å². The normalized spacial score (nSPS) is 11.1. The molecule has 1 rings (SSSR count). The van der Waals surface area contributed by atoms with Crippen molar-refractivity contribution in [1.29, 1.82) is 0 Å². The molecule has 0 aliphatic rings. The summed E-state index contributed by atoms with van der Waals surface area (Å²) in [4.78, 5) is -1.59. The van der Waals surface area contributed by atoms with Crippen molar-refractivity contribution >= 4 is 20.2 Å². The van der Waals surface area contributed by atoms with Crippen LogP contribution < -0.4 is 0 Å². The van der Waals surface area contributed by atoms with E-state index in [0.717, 1.165) is 12.1 Å². The second-order valence-corrected chi connectivity index (χ2v) is 5.07. The molecule has 0 bridgehead atoms. The molecule has 90 valence electrons. The summed E-state index contributed by atoms with van der Waals surface area (Å²) in [5, 5.41) is 0. The maximum absolute atomic E-state index is 10.4. The van der Waals surface area contributed by atoms with Gasteiger partial charge in [0.05, 0.1) is 20.2 Å². The summed E-state index contributed by atoms with van der Waals surface area (Å²) in [5.74, 6) is 0. The Bertz CT molecular complexity index is 501. The summed E-state index contributed by atoms with van der Waals surface area (Å²) in [7, 11) is -9.54. The molecule has 0 saturated heterocycles. The van der Waals surface area contributed by atoms with Crippen LogP contribution in [-0.2, 0) is 41.3 Å². The van der Waals surface area contributed by atoms with E-state index in [-0.39, 0.29) is 28.5 Å².